The van der Waals surface area contributed by atoms with Crippen molar-refractivity contribution in [2.75, 3.05) is 0 Å². The lowest BCUT2D eigenvalue weighted by atomic mass is 10.0. The number of fused-ring (bicyclic) bond motifs is 1. The molecule has 19 heavy (non-hydrogen) atoms. The quantitative estimate of drug-likeness (QED) is 0.637. The van der Waals surface area contributed by atoms with Gasteiger partial charge in [0, 0.05) is 6.20 Å². The van der Waals surface area contributed by atoms with Crippen LogP contribution in [0.15, 0.2) is 60.8 Å². The topological polar surface area (TPSA) is 12.9 Å². The zero-order chi connectivity index (χ0) is 13.1. The Kier molecular flexibility index (Phi) is 3.11. The Bertz CT molecular complexity index is 719. The Morgan fingerprint density at radius 2 is 1.68 bits per heavy atom. The molecule has 0 radical (unpaired) electrons. The zero-order valence-electron chi connectivity index (χ0n) is 10.9. The van der Waals surface area contributed by atoms with E-state index in [0.29, 0.717) is 0 Å². The second kappa shape index (κ2) is 5.07. The first-order chi connectivity index (χ1) is 9.33. The van der Waals surface area contributed by atoms with Crippen LogP contribution in [0.25, 0.3) is 22.9 Å². The molecule has 0 saturated heterocycles. The molecule has 0 aliphatic heterocycles. The van der Waals surface area contributed by atoms with Gasteiger partial charge in [0.05, 0.1) is 5.69 Å². The molecule has 0 spiro atoms. The first-order valence-corrected chi connectivity index (χ1v) is 6.41. The lowest BCUT2D eigenvalue weighted by Crippen LogP contribution is -1.81. The van der Waals surface area contributed by atoms with Crippen molar-refractivity contribution in [1.29, 1.82) is 0 Å². The van der Waals surface area contributed by atoms with Crippen molar-refractivity contribution in [3.8, 4) is 0 Å². The standard InChI is InChI=1S/C18H15N/c1-14-9-11-17(19-13-14)12-10-16-7-4-6-15-5-2-3-8-18(15)16/h2-13H,1H3/b12-10-. The van der Waals surface area contributed by atoms with E-state index in [-0.39, 0.29) is 0 Å². The number of pyridine rings is 1. The molecule has 0 aliphatic rings. The summed E-state index contributed by atoms with van der Waals surface area (Å²) < 4.78 is 0. The molecule has 1 aromatic heterocycles. The van der Waals surface area contributed by atoms with Gasteiger partial charge >= 0.3 is 0 Å². The zero-order valence-corrected chi connectivity index (χ0v) is 10.9. The van der Waals surface area contributed by atoms with Crippen LogP contribution in [0.3, 0.4) is 0 Å². The number of hydrogen-bond acceptors (Lipinski definition) is 1. The summed E-state index contributed by atoms with van der Waals surface area (Å²) in [6.07, 6.45) is 6.07. The van der Waals surface area contributed by atoms with Crippen molar-refractivity contribution in [3.05, 3.63) is 77.6 Å². The van der Waals surface area contributed by atoms with Crippen LogP contribution in [0.2, 0.25) is 0 Å². The fraction of sp³-hybridized carbons (Fsp3) is 0.0556. The van der Waals surface area contributed by atoms with Gasteiger partial charge in [-0.3, -0.25) is 4.98 Å². The summed E-state index contributed by atoms with van der Waals surface area (Å²) in [6.45, 7) is 2.05. The molecule has 0 N–H and O–H groups in total. The van der Waals surface area contributed by atoms with Crippen molar-refractivity contribution in [3.63, 3.8) is 0 Å². The fourth-order valence-corrected chi connectivity index (χ4v) is 2.15. The van der Waals surface area contributed by atoms with Crippen LogP contribution < -0.4 is 0 Å². The monoisotopic (exact) mass is 245 g/mol. The Hall–Kier alpha value is -2.41. The molecule has 2 aromatic carbocycles. The molecular weight excluding hydrogens is 230 g/mol. The van der Waals surface area contributed by atoms with Crippen LogP contribution in [0.4, 0.5) is 0 Å². The number of rotatable bonds is 2. The van der Waals surface area contributed by atoms with Crippen LogP contribution >= 0.6 is 0 Å². The van der Waals surface area contributed by atoms with Gasteiger partial charge < -0.3 is 0 Å². The summed E-state index contributed by atoms with van der Waals surface area (Å²) in [5.74, 6) is 0. The van der Waals surface area contributed by atoms with Crippen molar-refractivity contribution >= 4 is 22.9 Å². The van der Waals surface area contributed by atoms with Gasteiger partial charge in [0.15, 0.2) is 0 Å². The third-order valence-corrected chi connectivity index (χ3v) is 3.19. The van der Waals surface area contributed by atoms with Gasteiger partial charge in [-0.15, -0.1) is 0 Å². The van der Waals surface area contributed by atoms with E-state index in [4.69, 9.17) is 0 Å². The maximum Gasteiger partial charge on any atom is 0.0630 e. The summed E-state index contributed by atoms with van der Waals surface area (Å²) in [7, 11) is 0. The summed E-state index contributed by atoms with van der Waals surface area (Å²) in [4.78, 5) is 4.39. The van der Waals surface area contributed by atoms with E-state index in [0.717, 1.165) is 5.69 Å². The largest absolute Gasteiger partial charge is 0.257 e. The minimum Gasteiger partial charge on any atom is -0.257 e. The molecule has 0 saturated carbocycles. The van der Waals surface area contributed by atoms with Crippen molar-refractivity contribution < 1.29 is 0 Å². The van der Waals surface area contributed by atoms with Gasteiger partial charge in [-0.1, -0.05) is 54.6 Å². The molecule has 0 bridgehead atoms. The molecule has 3 aromatic rings. The lowest BCUT2D eigenvalue weighted by Gasteiger charge is -2.01. The maximum atomic E-state index is 4.39. The average molecular weight is 245 g/mol. The van der Waals surface area contributed by atoms with Crippen LogP contribution in [-0.2, 0) is 0 Å². The minimum absolute atomic E-state index is 0.985. The highest BCUT2D eigenvalue weighted by atomic mass is 14.7. The molecule has 3 rings (SSSR count). The summed E-state index contributed by atoms with van der Waals surface area (Å²) in [5.41, 5.74) is 3.39. The lowest BCUT2D eigenvalue weighted by molar-refractivity contribution is 1.25. The number of hydrogen-bond donors (Lipinski definition) is 0. The summed E-state index contributed by atoms with van der Waals surface area (Å²) >= 11 is 0. The normalized spacial score (nSPS) is 11.2. The first-order valence-electron chi connectivity index (χ1n) is 6.41. The van der Waals surface area contributed by atoms with E-state index < -0.39 is 0 Å². The highest BCUT2D eigenvalue weighted by Crippen LogP contribution is 2.20. The second-order valence-corrected chi connectivity index (χ2v) is 4.66. The maximum absolute atomic E-state index is 4.39. The minimum atomic E-state index is 0.985. The van der Waals surface area contributed by atoms with E-state index in [1.165, 1.54) is 21.9 Å². The molecule has 1 heterocycles. The van der Waals surface area contributed by atoms with Crippen molar-refractivity contribution in [1.82, 2.24) is 4.98 Å². The van der Waals surface area contributed by atoms with Gasteiger partial charge in [0.25, 0.3) is 0 Å². The van der Waals surface area contributed by atoms with Crippen LogP contribution in [-0.4, -0.2) is 4.98 Å². The van der Waals surface area contributed by atoms with Crippen LogP contribution in [0.1, 0.15) is 16.8 Å². The van der Waals surface area contributed by atoms with Crippen LogP contribution in [0.5, 0.6) is 0 Å². The Morgan fingerprint density at radius 3 is 2.53 bits per heavy atom. The smallest absolute Gasteiger partial charge is 0.0630 e. The molecular formula is C18H15N. The van der Waals surface area contributed by atoms with Gasteiger partial charge in [-0.05, 0) is 41.0 Å². The number of aryl methyl sites for hydroxylation is 1. The third-order valence-electron chi connectivity index (χ3n) is 3.19. The summed E-state index contributed by atoms with van der Waals surface area (Å²) in [6, 6.07) is 18.9. The van der Waals surface area contributed by atoms with E-state index in [9.17, 15) is 0 Å². The van der Waals surface area contributed by atoms with Crippen LogP contribution in [0, 0.1) is 6.92 Å². The number of nitrogens with zero attached hydrogens (tertiary/aromatic N) is 1. The van der Waals surface area contributed by atoms with Gasteiger partial charge in [-0.2, -0.15) is 0 Å². The average Bonchev–Trinajstić information content (AvgIpc) is 2.47. The Labute approximate surface area is 113 Å². The predicted octanol–water partition coefficient (Wildman–Crippen LogP) is 4.71. The predicted molar refractivity (Wildman–Crippen MR) is 81.9 cm³/mol. The molecule has 92 valence electrons. The highest BCUT2D eigenvalue weighted by Gasteiger charge is 1.96. The number of aromatic nitrogens is 1. The molecule has 0 fully saturated rings. The van der Waals surface area contributed by atoms with Crippen molar-refractivity contribution in [2.45, 2.75) is 6.92 Å². The van der Waals surface area contributed by atoms with Gasteiger partial charge in [0.1, 0.15) is 0 Å². The second-order valence-electron chi connectivity index (χ2n) is 4.66. The van der Waals surface area contributed by atoms with E-state index in [2.05, 4.69) is 65.7 Å². The molecule has 0 amide bonds. The first kappa shape index (κ1) is 11.7. The Balaban J connectivity index is 1.99. The number of benzene rings is 2. The fourth-order valence-electron chi connectivity index (χ4n) is 2.15. The molecule has 0 atom stereocenters. The third kappa shape index (κ3) is 2.55. The summed E-state index contributed by atoms with van der Waals surface area (Å²) in [5, 5.41) is 2.54. The van der Waals surface area contributed by atoms with Crippen molar-refractivity contribution in [2.24, 2.45) is 0 Å². The SMILES string of the molecule is Cc1ccc(/C=C\c2cccc3ccccc23)nc1. The van der Waals surface area contributed by atoms with E-state index in [1.807, 2.05) is 19.2 Å². The van der Waals surface area contributed by atoms with Gasteiger partial charge in [-0.25, -0.2) is 0 Å². The molecule has 1 heteroatoms. The molecule has 0 aliphatic carbocycles. The highest BCUT2D eigenvalue weighted by molar-refractivity contribution is 5.92. The van der Waals surface area contributed by atoms with E-state index >= 15 is 0 Å². The molecule has 1 nitrogen and oxygen atoms in total. The molecule has 0 unspecified atom stereocenters. The van der Waals surface area contributed by atoms with Gasteiger partial charge in [0.2, 0.25) is 0 Å². The van der Waals surface area contributed by atoms with E-state index in [1.54, 1.807) is 0 Å². The Morgan fingerprint density at radius 1 is 0.842 bits per heavy atom.